The maximum atomic E-state index is 13.5. The van der Waals surface area contributed by atoms with Crippen molar-refractivity contribution >= 4 is 45.7 Å². The van der Waals surface area contributed by atoms with Crippen LogP contribution in [0.5, 0.6) is 0 Å². The van der Waals surface area contributed by atoms with E-state index < -0.39 is 0 Å². The smallest absolute Gasteiger partial charge is 0.262 e. The summed E-state index contributed by atoms with van der Waals surface area (Å²) < 4.78 is 0. The van der Waals surface area contributed by atoms with Gasteiger partial charge in [-0.3, -0.25) is 9.69 Å². The average molecular weight is 408 g/mol. The molecule has 0 atom stereocenters. The maximum Gasteiger partial charge on any atom is 0.262 e. The Bertz CT molecular complexity index is 1300. The van der Waals surface area contributed by atoms with Gasteiger partial charge < -0.3 is 0 Å². The van der Waals surface area contributed by atoms with Crippen LogP contribution >= 0.6 is 11.6 Å². The molecule has 30 heavy (non-hydrogen) atoms. The number of carbonyl (C=O) groups excluding carboxylic acids is 1. The van der Waals surface area contributed by atoms with Crippen molar-refractivity contribution in [1.29, 1.82) is 0 Å². The predicted molar refractivity (Wildman–Crippen MR) is 125 cm³/mol. The SMILES string of the molecule is O=C1/C(=C/c2ccc(Cl)cc2)C=C(c2ccccc2)N1c1ccc2ccccc2c1. The molecule has 0 radical (unpaired) electrons. The second-order valence-electron chi connectivity index (χ2n) is 7.22. The van der Waals surface area contributed by atoms with E-state index in [1.54, 1.807) is 4.90 Å². The molecule has 0 aromatic heterocycles. The molecule has 4 aromatic carbocycles. The van der Waals surface area contributed by atoms with E-state index in [0.717, 1.165) is 33.3 Å². The number of fused-ring (bicyclic) bond motifs is 1. The third-order valence-electron chi connectivity index (χ3n) is 5.24. The Morgan fingerprint density at radius 1 is 0.733 bits per heavy atom. The van der Waals surface area contributed by atoms with E-state index in [1.807, 2.05) is 84.9 Å². The lowest BCUT2D eigenvalue weighted by molar-refractivity contribution is -0.113. The first-order chi connectivity index (χ1) is 14.7. The van der Waals surface area contributed by atoms with Gasteiger partial charge in [0.1, 0.15) is 0 Å². The van der Waals surface area contributed by atoms with Gasteiger partial charge in [-0.25, -0.2) is 0 Å². The number of carbonyl (C=O) groups is 1. The van der Waals surface area contributed by atoms with E-state index in [-0.39, 0.29) is 5.91 Å². The van der Waals surface area contributed by atoms with Crippen LogP contribution in [-0.4, -0.2) is 5.91 Å². The molecule has 0 bridgehead atoms. The van der Waals surface area contributed by atoms with E-state index in [4.69, 9.17) is 11.6 Å². The van der Waals surface area contributed by atoms with Crippen molar-refractivity contribution in [1.82, 2.24) is 0 Å². The van der Waals surface area contributed by atoms with Crippen LogP contribution < -0.4 is 4.90 Å². The zero-order valence-electron chi connectivity index (χ0n) is 16.1. The van der Waals surface area contributed by atoms with Gasteiger partial charge >= 0.3 is 0 Å². The van der Waals surface area contributed by atoms with Crippen LogP contribution in [0.2, 0.25) is 5.02 Å². The van der Waals surface area contributed by atoms with Gasteiger partial charge in [0.2, 0.25) is 0 Å². The molecular weight excluding hydrogens is 390 g/mol. The quantitative estimate of drug-likeness (QED) is 0.336. The molecule has 1 aliphatic rings. The van der Waals surface area contributed by atoms with Crippen molar-refractivity contribution in [2.24, 2.45) is 0 Å². The minimum Gasteiger partial charge on any atom is -0.276 e. The van der Waals surface area contributed by atoms with E-state index in [9.17, 15) is 4.79 Å². The van der Waals surface area contributed by atoms with Crippen molar-refractivity contribution < 1.29 is 4.79 Å². The summed E-state index contributed by atoms with van der Waals surface area (Å²) in [7, 11) is 0. The van der Waals surface area contributed by atoms with Gasteiger partial charge in [-0.05, 0) is 58.3 Å². The number of rotatable bonds is 3. The first-order valence-corrected chi connectivity index (χ1v) is 10.1. The number of nitrogens with zero attached hydrogens (tertiary/aromatic N) is 1. The molecule has 1 aliphatic heterocycles. The molecule has 1 amide bonds. The van der Waals surface area contributed by atoms with Gasteiger partial charge in [-0.2, -0.15) is 0 Å². The lowest BCUT2D eigenvalue weighted by atomic mass is 10.1. The summed E-state index contributed by atoms with van der Waals surface area (Å²) in [6, 6.07) is 31.8. The molecule has 2 nitrogen and oxygen atoms in total. The normalized spacial score (nSPS) is 15.1. The number of halogens is 1. The van der Waals surface area contributed by atoms with Gasteiger partial charge in [0, 0.05) is 16.3 Å². The molecular formula is C27H18ClNO. The number of hydrogen-bond donors (Lipinski definition) is 0. The molecule has 5 rings (SSSR count). The van der Waals surface area contributed by atoms with Gasteiger partial charge in [0.25, 0.3) is 5.91 Å². The monoisotopic (exact) mass is 407 g/mol. The largest absolute Gasteiger partial charge is 0.276 e. The molecule has 144 valence electrons. The molecule has 0 fully saturated rings. The highest BCUT2D eigenvalue weighted by atomic mass is 35.5. The van der Waals surface area contributed by atoms with Gasteiger partial charge in [0.05, 0.1) is 5.70 Å². The molecule has 0 spiro atoms. The Kier molecular flexibility index (Phi) is 4.70. The number of amides is 1. The van der Waals surface area contributed by atoms with Crippen LogP contribution in [0.25, 0.3) is 22.5 Å². The molecule has 0 aliphatic carbocycles. The molecule has 3 heteroatoms. The third kappa shape index (κ3) is 3.42. The summed E-state index contributed by atoms with van der Waals surface area (Å²) in [5, 5.41) is 2.92. The topological polar surface area (TPSA) is 20.3 Å². The summed E-state index contributed by atoms with van der Waals surface area (Å²) in [5.74, 6) is -0.0425. The number of hydrogen-bond acceptors (Lipinski definition) is 1. The zero-order valence-corrected chi connectivity index (χ0v) is 16.9. The van der Waals surface area contributed by atoms with Crippen LogP contribution in [0.1, 0.15) is 11.1 Å². The second kappa shape index (κ2) is 7.66. The summed E-state index contributed by atoms with van der Waals surface area (Å²) in [4.78, 5) is 15.3. The Labute approximate surface area is 180 Å². The Balaban J connectivity index is 1.63. The van der Waals surface area contributed by atoms with E-state index >= 15 is 0 Å². The molecule has 0 unspecified atom stereocenters. The van der Waals surface area contributed by atoms with Crippen molar-refractivity contribution in [3.05, 3.63) is 125 Å². The standard InChI is InChI=1S/C27H18ClNO/c28-24-13-10-19(11-14-24)16-23-18-26(21-7-2-1-3-8-21)29(27(23)30)25-15-12-20-6-4-5-9-22(20)17-25/h1-18H/b23-16+. The summed E-state index contributed by atoms with van der Waals surface area (Å²) >= 11 is 6.00. The molecule has 1 heterocycles. The number of anilines is 1. The predicted octanol–water partition coefficient (Wildman–Crippen LogP) is 6.96. The van der Waals surface area contributed by atoms with Gasteiger partial charge in [-0.15, -0.1) is 0 Å². The lowest BCUT2D eigenvalue weighted by Gasteiger charge is -2.21. The highest BCUT2D eigenvalue weighted by Crippen LogP contribution is 2.36. The van der Waals surface area contributed by atoms with Gasteiger partial charge in [0.15, 0.2) is 0 Å². The fourth-order valence-electron chi connectivity index (χ4n) is 3.75. The molecule has 4 aromatic rings. The first-order valence-electron chi connectivity index (χ1n) is 9.77. The zero-order chi connectivity index (χ0) is 20.5. The highest BCUT2D eigenvalue weighted by Gasteiger charge is 2.30. The summed E-state index contributed by atoms with van der Waals surface area (Å²) in [6.07, 6.45) is 3.87. The van der Waals surface area contributed by atoms with Crippen molar-refractivity contribution in [3.8, 4) is 0 Å². The van der Waals surface area contributed by atoms with Gasteiger partial charge in [-0.1, -0.05) is 84.4 Å². The van der Waals surface area contributed by atoms with Crippen LogP contribution in [0.15, 0.2) is 109 Å². The van der Waals surface area contributed by atoms with Crippen LogP contribution in [0.3, 0.4) is 0 Å². The van der Waals surface area contributed by atoms with Crippen molar-refractivity contribution in [3.63, 3.8) is 0 Å². The lowest BCUT2D eigenvalue weighted by Crippen LogP contribution is -2.24. The van der Waals surface area contributed by atoms with E-state index in [0.29, 0.717) is 10.6 Å². The van der Waals surface area contributed by atoms with Crippen molar-refractivity contribution in [2.45, 2.75) is 0 Å². The highest BCUT2D eigenvalue weighted by molar-refractivity contribution is 6.30. The molecule has 0 saturated carbocycles. The third-order valence-corrected chi connectivity index (χ3v) is 5.49. The van der Waals surface area contributed by atoms with Crippen LogP contribution in [0, 0.1) is 0 Å². The number of benzene rings is 4. The van der Waals surface area contributed by atoms with E-state index in [1.165, 1.54) is 0 Å². The molecule has 0 N–H and O–H groups in total. The second-order valence-corrected chi connectivity index (χ2v) is 7.66. The van der Waals surface area contributed by atoms with Crippen LogP contribution in [0.4, 0.5) is 5.69 Å². The average Bonchev–Trinajstić information content (AvgIpc) is 3.11. The fraction of sp³-hybridized carbons (Fsp3) is 0. The Morgan fingerprint density at radius 3 is 2.20 bits per heavy atom. The first kappa shape index (κ1) is 18.4. The summed E-state index contributed by atoms with van der Waals surface area (Å²) in [5.41, 5.74) is 4.30. The molecule has 0 saturated heterocycles. The fourth-order valence-corrected chi connectivity index (χ4v) is 3.87. The maximum absolute atomic E-state index is 13.5. The van der Waals surface area contributed by atoms with Crippen LogP contribution in [-0.2, 0) is 4.79 Å². The minimum atomic E-state index is -0.0425. The Hall–Kier alpha value is -3.62. The van der Waals surface area contributed by atoms with E-state index in [2.05, 4.69) is 24.3 Å². The minimum absolute atomic E-state index is 0.0425. The van der Waals surface area contributed by atoms with Crippen molar-refractivity contribution in [2.75, 3.05) is 4.90 Å². The Morgan fingerprint density at radius 2 is 1.43 bits per heavy atom. The summed E-state index contributed by atoms with van der Waals surface area (Å²) in [6.45, 7) is 0.